The van der Waals surface area contributed by atoms with Crippen molar-refractivity contribution in [2.24, 2.45) is 0 Å². The fourth-order valence-corrected chi connectivity index (χ4v) is 2.59. The van der Waals surface area contributed by atoms with E-state index < -0.39 is 39.0 Å². The van der Waals surface area contributed by atoms with Crippen LogP contribution < -0.4 is 0 Å². The molecule has 12 heteroatoms. The smallest absolute Gasteiger partial charge is 0.303 e. The Bertz CT molecular complexity index is 400. The first-order chi connectivity index (χ1) is 8.35. The van der Waals surface area contributed by atoms with Crippen LogP contribution in [0, 0.1) is 30.3 Å². The van der Waals surface area contributed by atoms with Gasteiger partial charge in [0.1, 0.15) is 29.0 Å². The second-order valence-electron chi connectivity index (χ2n) is 3.40. The van der Waals surface area contributed by atoms with Crippen LogP contribution in [0.2, 0.25) is 0 Å². The zero-order chi connectivity index (χ0) is 14.0. The lowest BCUT2D eigenvalue weighted by molar-refractivity contribution is -0.868. The second kappa shape index (κ2) is 4.81. The normalized spacial score (nSPS) is 26.2. The predicted octanol–water partition coefficient (Wildman–Crippen LogP) is -0.133. The maximum atomic E-state index is 11.0. The molecule has 1 fully saturated rings. The number of carbonyl (C=O) groups is 1. The molecule has 0 aromatic carbocycles. The number of aldehydes is 1. The molecule has 0 spiro atoms. The molecule has 0 aliphatic carbocycles. The summed E-state index contributed by atoms with van der Waals surface area (Å²) in [6.45, 7) is 0. The average molecular weight is 281 g/mol. The molecular weight excluding hydrogens is 274 g/mol. The van der Waals surface area contributed by atoms with Crippen molar-refractivity contribution in [1.82, 2.24) is 0 Å². The Kier molecular flexibility index (Phi) is 3.81. The molecule has 1 unspecified atom stereocenters. The minimum Gasteiger partial charge on any atom is -0.303 e. The molecule has 0 N–H and O–H groups in total. The quantitative estimate of drug-likeness (QED) is 0.220. The maximum absolute atomic E-state index is 11.0. The van der Waals surface area contributed by atoms with Crippen molar-refractivity contribution >= 4 is 18.3 Å². The maximum Gasteiger partial charge on any atom is 0.553 e. The summed E-state index contributed by atoms with van der Waals surface area (Å²) in [5.74, 6) is -0.156. The van der Waals surface area contributed by atoms with E-state index in [4.69, 9.17) is 0 Å². The Hall–Kier alpha value is -1.82. The average Bonchev–Trinajstić information content (AvgIpc) is 2.28. The fourth-order valence-electron chi connectivity index (χ4n) is 1.68. The first kappa shape index (κ1) is 14.2. The minimum atomic E-state index is -3.16. The van der Waals surface area contributed by atoms with Gasteiger partial charge in [0.05, 0.1) is 4.92 Å². The first-order valence-electron chi connectivity index (χ1n) is 4.53. The van der Waals surface area contributed by atoms with Gasteiger partial charge in [0.25, 0.3) is 0 Å². The molecule has 11 nitrogen and oxygen atoms in total. The van der Waals surface area contributed by atoms with Crippen LogP contribution in [0.5, 0.6) is 0 Å². The highest BCUT2D eigenvalue weighted by Gasteiger charge is 2.84. The highest BCUT2D eigenvalue weighted by molar-refractivity contribution is 7.94. The number of hydrogen-bond acceptors (Lipinski definition) is 9. The molecule has 1 saturated heterocycles. The van der Waals surface area contributed by atoms with Crippen LogP contribution in [-0.2, 0) is 8.98 Å². The van der Waals surface area contributed by atoms with Gasteiger partial charge < -0.3 is 4.79 Å². The van der Waals surface area contributed by atoms with Crippen LogP contribution in [0.15, 0.2) is 0 Å². The monoisotopic (exact) mass is 281 g/mol. The SMILES string of the molecule is O=CCC1([N+](=O)[O-])OSCCC1([N+](=O)[O-])[N+](=O)[O-]. The molecule has 1 heterocycles. The summed E-state index contributed by atoms with van der Waals surface area (Å²) >= 11 is 0.498. The topological polar surface area (TPSA) is 156 Å². The van der Waals surface area contributed by atoms with E-state index in [1.807, 2.05) is 0 Å². The van der Waals surface area contributed by atoms with E-state index in [0.29, 0.717) is 12.0 Å². The Morgan fingerprint density at radius 2 is 1.72 bits per heavy atom. The summed E-state index contributed by atoms with van der Waals surface area (Å²) in [7, 11) is 0. The molecule has 1 rings (SSSR count). The number of nitrogens with zero attached hydrogens (tertiary/aromatic N) is 3. The van der Waals surface area contributed by atoms with Gasteiger partial charge in [-0.1, -0.05) is 0 Å². The van der Waals surface area contributed by atoms with Gasteiger partial charge in [-0.3, -0.25) is 30.3 Å². The van der Waals surface area contributed by atoms with E-state index in [0.717, 1.165) is 0 Å². The summed E-state index contributed by atoms with van der Waals surface area (Å²) in [6.07, 6.45) is -1.78. The van der Waals surface area contributed by atoms with Gasteiger partial charge in [-0.05, 0) is 0 Å². The van der Waals surface area contributed by atoms with Crippen LogP contribution >= 0.6 is 12.0 Å². The summed E-state index contributed by atoms with van der Waals surface area (Å²) < 4.78 is 4.61. The third-order valence-corrected chi connectivity index (χ3v) is 3.38. The number of rotatable bonds is 5. The second-order valence-corrected chi connectivity index (χ2v) is 4.21. The molecule has 1 aliphatic heterocycles. The Labute approximate surface area is 103 Å². The van der Waals surface area contributed by atoms with Crippen LogP contribution in [0.25, 0.3) is 0 Å². The zero-order valence-corrected chi connectivity index (χ0v) is 9.53. The molecular formula is C6H7N3O8S. The van der Waals surface area contributed by atoms with E-state index in [9.17, 15) is 35.1 Å². The Balaban J connectivity index is 3.49. The van der Waals surface area contributed by atoms with Gasteiger partial charge in [-0.15, -0.1) is 0 Å². The van der Waals surface area contributed by atoms with Crippen molar-refractivity contribution in [2.45, 2.75) is 24.2 Å². The molecule has 0 radical (unpaired) electrons. The van der Waals surface area contributed by atoms with Gasteiger partial charge in [-0.2, -0.15) is 0 Å². The molecule has 0 amide bonds. The highest BCUT2D eigenvalue weighted by atomic mass is 32.2. The van der Waals surface area contributed by atoms with Gasteiger partial charge in [0.2, 0.25) is 0 Å². The molecule has 0 aromatic heterocycles. The molecule has 1 atom stereocenters. The van der Waals surface area contributed by atoms with Gasteiger partial charge in [-0.25, -0.2) is 4.18 Å². The third-order valence-electron chi connectivity index (χ3n) is 2.62. The highest BCUT2D eigenvalue weighted by Crippen LogP contribution is 2.43. The molecule has 1 aliphatic rings. The molecule has 0 aromatic rings. The van der Waals surface area contributed by atoms with Gasteiger partial charge in [0, 0.05) is 17.8 Å². The van der Waals surface area contributed by atoms with Crippen LogP contribution in [0.3, 0.4) is 0 Å². The third kappa shape index (κ3) is 1.69. The van der Waals surface area contributed by atoms with E-state index in [1.165, 1.54) is 0 Å². The van der Waals surface area contributed by atoms with Gasteiger partial charge >= 0.3 is 11.4 Å². The summed E-state index contributed by atoms with van der Waals surface area (Å²) in [5, 5.41) is 32.9. The molecule has 0 saturated carbocycles. The van der Waals surface area contributed by atoms with Crippen molar-refractivity contribution in [3.05, 3.63) is 30.3 Å². The number of carbonyl (C=O) groups excluding carboxylic acids is 1. The summed E-state index contributed by atoms with van der Waals surface area (Å²) in [4.78, 5) is 39.4. The first-order valence-corrected chi connectivity index (χ1v) is 5.44. The minimum absolute atomic E-state index is 0.00354. The van der Waals surface area contributed by atoms with Crippen LogP contribution in [-0.4, -0.2) is 38.2 Å². The predicted molar refractivity (Wildman–Crippen MR) is 55.3 cm³/mol. The Morgan fingerprint density at radius 1 is 1.17 bits per heavy atom. The van der Waals surface area contributed by atoms with Gasteiger partial charge in [0.15, 0.2) is 0 Å². The molecule has 0 bridgehead atoms. The van der Waals surface area contributed by atoms with E-state index in [2.05, 4.69) is 4.18 Å². The van der Waals surface area contributed by atoms with Crippen molar-refractivity contribution in [1.29, 1.82) is 0 Å². The molecule has 18 heavy (non-hydrogen) atoms. The van der Waals surface area contributed by atoms with E-state index in [-0.39, 0.29) is 12.0 Å². The van der Waals surface area contributed by atoms with Crippen LogP contribution in [0.4, 0.5) is 0 Å². The van der Waals surface area contributed by atoms with E-state index in [1.54, 1.807) is 0 Å². The zero-order valence-electron chi connectivity index (χ0n) is 8.71. The lowest BCUT2D eigenvalue weighted by Gasteiger charge is -2.31. The molecule has 100 valence electrons. The summed E-state index contributed by atoms with van der Waals surface area (Å²) in [5.41, 5.74) is -6.16. The largest absolute Gasteiger partial charge is 0.553 e. The van der Waals surface area contributed by atoms with Crippen molar-refractivity contribution in [3.8, 4) is 0 Å². The lowest BCUT2D eigenvalue weighted by atomic mass is 9.91. The van der Waals surface area contributed by atoms with Crippen molar-refractivity contribution in [2.75, 3.05) is 5.75 Å². The number of hydrogen-bond donors (Lipinski definition) is 0. The van der Waals surface area contributed by atoms with Crippen molar-refractivity contribution in [3.63, 3.8) is 0 Å². The van der Waals surface area contributed by atoms with Crippen LogP contribution in [0.1, 0.15) is 12.8 Å². The van der Waals surface area contributed by atoms with Crippen molar-refractivity contribution < 1.29 is 23.7 Å². The number of nitro groups is 3. The fraction of sp³-hybridized carbons (Fsp3) is 0.833. The standard InChI is InChI=1S/C6H7N3O8S/c10-3-1-6(9(15)16)5(7(11)12,8(13)14)2-4-18-17-6/h3H,1-2,4H2. The lowest BCUT2D eigenvalue weighted by Crippen LogP contribution is -2.70. The van der Waals surface area contributed by atoms with E-state index >= 15 is 0 Å². The Morgan fingerprint density at radius 3 is 2.11 bits per heavy atom. The summed E-state index contributed by atoms with van der Waals surface area (Å²) in [6, 6.07) is 0.